The second-order valence-electron chi connectivity index (χ2n) is 10.0. The number of hydrogen-bond donors (Lipinski definition) is 2. The molecule has 30 heavy (non-hydrogen) atoms. The van der Waals surface area contributed by atoms with Gasteiger partial charge in [-0.25, -0.2) is 0 Å². The number of allylic oxidation sites excluding steroid dienone is 1. The predicted octanol–water partition coefficient (Wildman–Crippen LogP) is 9.26. The van der Waals surface area contributed by atoms with Gasteiger partial charge in [-0.1, -0.05) is 116 Å². The molecule has 0 heterocycles. The molecule has 0 aliphatic rings. The van der Waals surface area contributed by atoms with Crippen LogP contribution in [0.4, 0.5) is 0 Å². The minimum Gasteiger partial charge on any atom is -0.370 e. The van der Waals surface area contributed by atoms with Crippen LogP contribution in [0.5, 0.6) is 0 Å². The average Bonchev–Trinajstić information content (AvgIpc) is 2.68. The topological polar surface area (TPSA) is 24.1 Å². The molecule has 2 nitrogen and oxygen atoms in total. The average molecular weight is 423 g/mol. The minimum absolute atomic E-state index is 0.489. The van der Waals surface area contributed by atoms with Crippen molar-refractivity contribution in [3.63, 3.8) is 0 Å². The van der Waals surface area contributed by atoms with E-state index in [0.717, 1.165) is 0 Å². The molecule has 0 unspecified atom stereocenters. The number of unbranched alkanes of at least 4 members (excludes halogenated alkanes) is 18. The third-order valence-corrected chi connectivity index (χ3v) is 5.79. The molecule has 180 valence electrons. The third kappa shape index (κ3) is 23.6. The molecule has 0 rings (SSSR count). The molecule has 2 N–H and O–H groups in total. The summed E-state index contributed by atoms with van der Waals surface area (Å²) in [6.45, 7) is 11.1. The van der Waals surface area contributed by atoms with Crippen LogP contribution in [-0.2, 0) is 0 Å². The van der Waals surface area contributed by atoms with Crippen LogP contribution in [0, 0.1) is 0 Å². The van der Waals surface area contributed by atoms with Crippen LogP contribution in [-0.4, -0.2) is 12.1 Å². The molecular weight excluding hydrogens is 364 g/mol. The fraction of sp³-hybridized carbons (Fsp3) is 0.929. The largest absolute Gasteiger partial charge is 0.370 e. The third-order valence-electron chi connectivity index (χ3n) is 5.79. The monoisotopic (exact) mass is 422 g/mol. The van der Waals surface area contributed by atoms with Crippen LogP contribution in [0.1, 0.15) is 157 Å². The Kier molecular flexibility index (Phi) is 22.5. The van der Waals surface area contributed by atoms with Crippen LogP contribution >= 0.6 is 0 Å². The standard InChI is InChI=1S/C28H58N2/c1-6-7-8-9-10-11-12-13-14-15-16-17-18-19-20-21-22-23-24-25-28(29-26(2)3)30-27(4)5/h25-27,29-30H,6-24H2,1-5H3. The van der Waals surface area contributed by atoms with E-state index in [0.29, 0.717) is 12.1 Å². The summed E-state index contributed by atoms with van der Waals surface area (Å²) in [5.41, 5.74) is 0. The number of rotatable bonds is 23. The second kappa shape index (κ2) is 23.0. The van der Waals surface area contributed by atoms with Gasteiger partial charge >= 0.3 is 0 Å². The molecule has 0 radical (unpaired) electrons. The lowest BCUT2D eigenvalue weighted by molar-refractivity contribution is 0.524. The van der Waals surface area contributed by atoms with Gasteiger partial charge in [0.1, 0.15) is 0 Å². The molecule has 0 saturated carbocycles. The van der Waals surface area contributed by atoms with Gasteiger partial charge < -0.3 is 10.6 Å². The Morgan fingerprint density at radius 2 is 0.800 bits per heavy atom. The summed E-state index contributed by atoms with van der Waals surface area (Å²) < 4.78 is 0. The smallest absolute Gasteiger partial charge is 0.0949 e. The molecule has 2 heteroatoms. The molecule has 0 aliphatic carbocycles. The lowest BCUT2D eigenvalue weighted by Gasteiger charge is -2.19. The quantitative estimate of drug-likeness (QED) is 0.160. The van der Waals surface area contributed by atoms with E-state index < -0.39 is 0 Å². The number of hydrogen-bond acceptors (Lipinski definition) is 2. The molecule has 0 amide bonds. The van der Waals surface area contributed by atoms with Crippen molar-refractivity contribution in [2.24, 2.45) is 0 Å². The van der Waals surface area contributed by atoms with E-state index in [4.69, 9.17) is 0 Å². The zero-order chi connectivity index (χ0) is 22.3. The van der Waals surface area contributed by atoms with Gasteiger partial charge in [-0.3, -0.25) is 0 Å². The highest BCUT2D eigenvalue weighted by Gasteiger charge is 2.01. The SMILES string of the molecule is CCCCCCCCCCCCCCCCCCCCC=C(NC(C)C)NC(C)C. The molecule has 0 aromatic heterocycles. The van der Waals surface area contributed by atoms with Crippen LogP contribution < -0.4 is 10.6 Å². The summed E-state index contributed by atoms with van der Waals surface area (Å²) in [5, 5.41) is 7.04. The Labute approximate surface area is 191 Å². The molecule has 0 saturated heterocycles. The first kappa shape index (κ1) is 29.3. The zero-order valence-electron chi connectivity index (χ0n) is 21.7. The summed E-state index contributed by atoms with van der Waals surface area (Å²) in [4.78, 5) is 0. The van der Waals surface area contributed by atoms with Gasteiger partial charge in [0.25, 0.3) is 0 Å². The van der Waals surface area contributed by atoms with E-state index in [1.54, 1.807) is 0 Å². The summed E-state index contributed by atoms with van der Waals surface area (Å²) in [7, 11) is 0. The fourth-order valence-electron chi connectivity index (χ4n) is 4.07. The van der Waals surface area contributed by atoms with E-state index >= 15 is 0 Å². The lowest BCUT2D eigenvalue weighted by atomic mass is 10.0. The summed E-state index contributed by atoms with van der Waals surface area (Å²) >= 11 is 0. The van der Waals surface area contributed by atoms with Crippen LogP contribution in [0.25, 0.3) is 0 Å². The molecular formula is C28H58N2. The maximum Gasteiger partial charge on any atom is 0.0949 e. The first-order valence-corrected chi connectivity index (χ1v) is 13.8. The molecule has 0 aliphatic heterocycles. The van der Waals surface area contributed by atoms with Crippen molar-refractivity contribution in [2.45, 2.75) is 169 Å². The molecule has 0 aromatic carbocycles. The van der Waals surface area contributed by atoms with E-state index in [1.165, 1.54) is 128 Å². The van der Waals surface area contributed by atoms with Crippen molar-refractivity contribution >= 4 is 0 Å². The van der Waals surface area contributed by atoms with Crippen molar-refractivity contribution < 1.29 is 0 Å². The van der Waals surface area contributed by atoms with Gasteiger partial charge in [-0.2, -0.15) is 0 Å². The van der Waals surface area contributed by atoms with Crippen molar-refractivity contribution in [1.82, 2.24) is 10.6 Å². The van der Waals surface area contributed by atoms with Crippen molar-refractivity contribution in [3.8, 4) is 0 Å². The molecule has 0 bridgehead atoms. The number of nitrogens with one attached hydrogen (secondary N) is 2. The molecule has 0 spiro atoms. The Bertz CT molecular complexity index is 348. The van der Waals surface area contributed by atoms with Gasteiger partial charge in [0.2, 0.25) is 0 Å². The normalized spacial score (nSPS) is 11.3. The van der Waals surface area contributed by atoms with Gasteiger partial charge in [-0.05, 0) is 46.6 Å². The Morgan fingerprint density at radius 1 is 0.500 bits per heavy atom. The van der Waals surface area contributed by atoms with Crippen LogP contribution in [0.15, 0.2) is 11.9 Å². The van der Waals surface area contributed by atoms with Gasteiger partial charge in [0.15, 0.2) is 0 Å². The first-order valence-electron chi connectivity index (χ1n) is 13.8. The first-order chi connectivity index (χ1) is 14.6. The molecule has 0 aromatic rings. The predicted molar refractivity (Wildman–Crippen MR) is 138 cm³/mol. The van der Waals surface area contributed by atoms with Gasteiger partial charge in [-0.15, -0.1) is 0 Å². The summed E-state index contributed by atoms with van der Waals surface area (Å²) in [6, 6.07) is 0.977. The highest BCUT2D eigenvalue weighted by molar-refractivity contribution is 4.99. The summed E-state index contributed by atoms with van der Waals surface area (Å²) in [5.74, 6) is 1.21. The van der Waals surface area contributed by atoms with Crippen molar-refractivity contribution in [2.75, 3.05) is 0 Å². The van der Waals surface area contributed by atoms with Gasteiger partial charge in [0.05, 0.1) is 5.82 Å². The van der Waals surface area contributed by atoms with Gasteiger partial charge in [0, 0.05) is 12.1 Å². The van der Waals surface area contributed by atoms with Crippen LogP contribution in [0.3, 0.4) is 0 Å². The lowest BCUT2D eigenvalue weighted by Crippen LogP contribution is -2.34. The fourth-order valence-corrected chi connectivity index (χ4v) is 4.07. The Balaban J connectivity index is 3.33. The Hall–Kier alpha value is -0.660. The molecule has 0 fully saturated rings. The van der Waals surface area contributed by atoms with Crippen LogP contribution in [0.2, 0.25) is 0 Å². The van der Waals surface area contributed by atoms with Crippen molar-refractivity contribution in [3.05, 3.63) is 11.9 Å². The molecule has 0 atom stereocenters. The van der Waals surface area contributed by atoms with E-state index in [2.05, 4.69) is 51.3 Å². The second-order valence-corrected chi connectivity index (χ2v) is 10.0. The summed E-state index contributed by atoms with van der Waals surface area (Å²) in [6.07, 6.45) is 29.5. The maximum atomic E-state index is 3.52. The van der Waals surface area contributed by atoms with E-state index in [9.17, 15) is 0 Å². The highest BCUT2D eigenvalue weighted by Crippen LogP contribution is 2.14. The minimum atomic E-state index is 0.489. The van der Waals surface area contributed by atoms with E-state index in [1.807, 2.05) is 0 Å². The zero-order valence-corrected chi connectivity index (χ0v) is 21.7. The maximum absolute atomic E-state index is 3.52. The highest BCUT2D eigenvalue weighted by atomic mass is 15.1. The van der Waals surface area contributed by atoms with Crippen molar-refractivity contribution in [1.29, 1.82) is 0 Å². The Morgan fingerprint density at radius 3 is 1.10 bits per heavy atom. The van der Waals surface area contributed by atoms with E-state index in [-0.39, 0.29) is 0 Å².